The second kappa shape index (κ2) is 4.07. The molecule has 1 aromatic carbocycles. The third kappa shape index (κ3) is 2.50. The summed E-state index contributed by atoms with van der Waals surface area (Å²) in [4.78, 5) is 0. The summed E-state index contributed by atoms with van der Waals surface area (Å²) in [6, 6.07) is 4.58. The molecule has 0 saturated carbocycles. The summed E-state index contributed by atoms with van der Waals surface area (Å²) in [5.74, 6) is -0.405. The van der Waals surface area contributed by atoms with Crippen LogP contribution in [0.5, 0.6) is 0 Å². The first-order valence-corrected chi connectivity index (χ1v) is 7.56. The minimum Gasteiger partial charge on any atom is -0.385 e. The fourth-order valence-electron chi connectivity index (χ4n) is 2.33. The normalized spacial score (nSPS) is 23.7. The topological polar surface area (TPSA) is 54.4 Å². The van der Waals surface area contributed by atoms with Crippen molar-refractivity contribution in [3.8, 4) is 0 Å². The van der Waals surface area contributed by atoms with Crippen LogP contribution in [0.25, 0.3) is 0 Å². The van der Waals surface area contributed by atoms with Crippen molar-refractivity contribution in [2.24, 2.45) is 0 Å². The van der Waals surface area contributed by atoms with Gasteiger partial charge < -0.3 is 5.11 Å². The number of hydrogen-bond acceptors (Lipinski definition) is 3. The lowest BCUT2D eigenvalue weighted by molar-refractivity contribution is 0.0353. The molecule has 1 N–H and O–H groups in total. The number of halogens is 1. The van der Waals surface area contributed by atoms with Crippen LogP contribution in [0, 0.1) is 5.82 Å². The number of fused-ring (bicyclic) bond motifs is 1. The number of benzene rings is 1. The van der Waals surface area contributed by atoms with E-state index in [-0.39, 0.29) is 18.0 Å². The maximum atomic E-state index is 13.5. The lowest BCUT2D eigenvalue weighted by Crippen LogP contribution is -2.25. The number of sulfone groups is 1. The summed E-state index contributed by atoms with van der Waals surface area (Å²) in [7, 11) is -3.12. The zero-order valence-electron chi connectivity index (χ0n) is 9.61. The molecule has 94 valence electrons. The third-order valence-electron chi connectivity index (χ3n) is 3.30. The molecule has 1 aliphatic rings. The third-order valence-corrected chi connectivity index (χ3v) is 4.24. The predicted octanol–water partition coefficient (Wildman–Crippen LogP) is 1.39. The van der Waals surface area contributed by atoms with Crippen LogP contribution in [0.4, 0.5) is 4.39 Å². The van der Waals surface area contributed by atoms with Crippen molar-refractivity contribution in [1.29, 1.82) is 0 Å². The van der Waals surface area contributed by atoms with E-state index in [2.05, 4.69) is 0 Å². The van der Waals surface area contributed by atoms with Crippen LogP contribution in [0.2, 0.25) is 0 Å². The number of rotatable bonds is 3. The lowest BCUT2D eigenvalue weighted by Gasteiger charge is -2.23. The highest BCUT2D eigenvalue weighted by molar-refractivity contribution is 7.90. The van der Waals surface area contributed by atoms with Crippen LogP contribution in [-0.2, 0) is 21.9 Å². The van der Waals surface area contributed by atoms with Crippen molar-refractivity contribution in [2.45, 2.75) is 24.9 Å². The van der Waals surface area contributed by atoms with Crippen molar-refractivity contribution >= 4 is 9.84 Å². The standard InChI is InChI=1S/C12H15FO3S/c1-17(15,16)8-7-12(14)6-5-9-10(12)3-2-4-11(9)13/h2-4,14H,5-8H2,1H3. The first-order chi connectivity index (χ1) is 7.82. The van der Waals surface area contributed by atoms with Gasteiger partial charge in [0.1, 0.15) is 15.7 Å². The highest BCUT2D eigenvalue weighted by Crippen LogP contribution is 2.40. The number of aliphatic hydroxyl groups is 1. The molecular formula is C12H15FO3S. The lowest BCUT2D eigenvalue weighted by atomic mass is 9.93. The Bertz CT molecular complexity index is 539. The van der Waals surface area contributed by atoms with Crippen LogP contribution < -0.4 is 0 Å². The zero-order chi connectivity index (χ0) is 12.7. The summed E-state index contributed by atoms with van der Waals surface area (Å²) in [6.45, 7) is 0. The minimum absolute atomic E-state index is 0.0839. The van der Waals surface area contributed by atoms with E-state index in [0.29, 0.717) is 24.0 Å². The summed E-state index contributed by atoms with van der Waals surface area (Å²) < 4.78 is 35.7. The molecule has 2 rings (SSSR count). The second-order valence-corrected chi connectivity index (χ2v) is 6.94. The first kappa shape index (κ1) is 12.5. The molecule has 0 radical (unpaired) electrons. The van der Waals surface area contributed by atoms with Gasteiger partial charge in [-0.1, -0.05) is 12.1 Å². The SMILES string of the molecule is CS(=O)(=O)CCC1(O)CCc2c(F)cccc21. The van der Waals surface area contributed by atoms with Crippen LogP contribution in [0.15, 0.2) is 18.2 Å². The molecule has 0 fully saturated rings. The molecule has 0 heterocycles. The van der Waals surface area contributed by atoms with Crippen molar-refractivity contribution in [3.05, 3.63) is 35.1 Å². The van der Waals surface area contributed by atoms with E-state index >= 15 is 0 Å². The molecule has 1 unspecified atom stereocenters. The van der Waals surface area contributed by atoms with Crippen LogP contribution in [0.3, 0.4) is 0 Å². The van der Waals surface area contributed by atoms with Gasteiger partial charge in [0.2, 0.25) is 0 Å². The van der Waals surface area contributed by atoms with Gasteiger partial charge in [0.15, 0.2) is 0 Å². The first-order valence-electron chi connectivity index (χ1n) is 5.50. The van der Waals surface area contributed by atoms with Crippen LogP contribution >= 0.6 is 0 Å². The Kier molecular flexibility index (Phi) is 2.99. The highest BCUT2D eigenvalue weighted by atomic mass is 32.2. The molecule has 1 aliphatic carbocycles. The van der Waals surface area contributed by atoms with Gasteiger partial charge in [0.05, 0.1) is 11.4 Å². The van der Waals surface area contributed by atoms with Gasteiger partial charge >= 0.3 is 0 Å². The molecule has 0 bridgehead atoms. The summed E-state index contributed by atoms with van der Waals surface area (Å²) in [5, 5.41) is 10.4. The average Bonchev–Trinajstić information content (AvgIpc) is 2.56. The van der Waals surface area contributed by atoms with Crippen LogP contribution in [-0.4, -0.2) is 25.5 Å². The molecule has 17 heavy (non-hydrogen) atoms. The summed E-state index contributed by atoms with van der Waals surface area (Å²) >= 11 is 0. The van der Waals surface area contributed by atoms with E-state index in [4.69, 9.17) is 0 Å². The largest absolute Gasteiger partial charge is 0.385 e. The zero-order valence-corrected chi connectivity index (χ0v) is 10.4. The Morgan fingerprint density at radius 3 is 2.82 bits per heavy atom. The van der Waals surface area contributed by atoms with Gasteiger partial charge in [0, 0.05) is 6.26 Å². The average molecular weight is 258 g/mol. The Morgan fingerprint density at radius 1 is 1.47 bits per heavy atom. The van der Waals surface area contributed by atoms with E-state index in [1.807, 2.05) is 0 Å². The molecule has 0 aromatic heterocycles. The minimum atomic E-state index is -3.12. The Hall–Kier alpha value is -0.940. The van der Waals surface area contributed by atoms with Gasteiger partial charge in [-0.25, -0.2) is 12.8 Å². The molecule has 1 aromatic rings. The van der Waals surface area contributed by atoms with Gasteiger partial charge in [0.25, 0.3) is 0 Å². The van der Waals surface area contributed by atoms with Crippen molar-refractivity contribution in [1.82, 2.24) is 0 Å². The fourth-order valence-corrected chi connectivity index (χ4v) is 3.04. The number of hydrogen-bond donors (Lipinski definition) is 1. The fraction of sp³-hybridized carbons (Fsp3) is 0.500. The quantitative estimate of drug-likeness (QED) is 0.891. The monoisotopic (exact) mass is 258 g/mol. The van der Waals surface area contributed by atoms with Gasteiger partial charge in [-0.2, -0.15) is 0 Å². The van der Waals surface area contributed by atoms with E-state index in [9.17, 15) is 17.9 Å². The summed E-state index contributed by atoms with van der Waals surface area (Å²) in [6.07, 6.45) is 2.11. The maximum Gasteiger partial charge on any atom is 0.147 e. The van der Waals surface area contributed by atoms with Crippen molar-refractivity contribution < 1.29 is 17.9 Å². The van der Waals surface area contributed by atoms with E-state index in [1.54, 1.807) is 12.1 Å². The molecule has 3 nitrogen and oxygen atoms in total. The molecule has 0 amide bonds. The molecule has 5 heteroatoms. The Balaban J connectivity index is 2.29. The molecule has 1 atom stereocenters. The molecule has 0 spiro atoms. The van der Waals surface area contributed by atoms with E-state index in [0.717, 1.165) is 6.26 Å². The van der Waals surface area contributed by atoms with Gasteiger partial charge in [-0.3, -0.25) is 0 Å². The van der Waals surface area contributed by atoms with Gasteiger partial charge in [-0.15, -0.1) is 0 Å². The van der Waals surface area contributed by atoms with Crippen molar-refractivity contribution in [3.63, 3.8) is 0 Å². The Labute approximate surface area is 100 Å². The smallest absolute Gasteiger partial charge is 0.147 e. The molecular weight excluding hydrogens is 243 g/mol. The summed E-state index contributed by atoms with van der Waals surface area (Å²) in [5.41, 5.74) is -0.134. The highest BCUT2D eigenvalue weighted by Gasteiger charge is 2.38. The van der Waals surface area contributed by atoms with Crippen molar-refractivity contribution in [2.75, 3.05) is 12.0 Å². The molecule has 0 aliphatic heterocycles. The Morgan fingerprint density at radius 2 is 2.18 bits per heavy atom. The maximum absolute atomic E-state index is 13.5. The predicted molar refractivity (Wildman–Crippen MR) is 62.9 cm³/mol. The van der Waals surface area contributed by atoms with E-state index < -0.39 is 15.4 Å². The van der Waals surface area contributed by atoms with Crippen LogP contribution in [0.1, 0.15) is 24.0 Å². The van der Waals surface area contributed by atoms with E-state index in [1.165, 1.54) is 6.07 Å². The van der Waals surface area contributed by atoms with Gasteiger partial charge in [-0.05, 0) is 36.5 Å². The second-order valence-electron chi connectivity index (χ2n) is 4.68. The molecule has 0 saturated heterocycles.